The second-order valence-electron chi connectivity index (χ2n) is 4.47. The number of hydrogen-bond donors (Lipinski definition) is 1. The molecule has 5 nitrogen and oxygen atoms in total. The fourth-order valence-corrected chi connectivity index (χ4v) is 2.28. The average Bonchev–Trinajstić information content (AvgIpc) is 2.95. The molecule has 1 saturated heterocycles. The van der Waals surface area contributed by atoms with Gasteiger partial charge in [0.25, 0.3) is 0 Å². The lowest BCUT2D eigenvalue weighted by Crippen LogP contribution is -2.36. The van der Waals surface area contributed by atoms with Gasteiger partial charge in [0, 0.05) is 17.6 Å². The van der Waals surface area contributed by atoms with E-state index in [1.807, 2.05) is 29.2 Å². The summed E-state index contributed by atoms with van der Waals surface area (Å²) in [6, 6.07) is 7.61. The molecule has 0 amide bonds. The van der Waals surface area contributed by atoms with Crippen LogP contribution in [0.1, 0.15) is 19.8 Å². The highest BCUT2D eigenvalue weighted by Gasteiger charge is 2.23. The van der Waals surface area contributed by atoms with E-state index in [9.17, 15) is 4.79 Å². The van der Waals surface area contributed by atoms with Crippen LogP contribution in [0.5, 0.6) is 0 Å². The number of hydrazone groups is 1. The van der Waals surface area contributed by atoms with E-state index in [0.29, 0.717) is 12.4 Å². The van der Waals surface area contributed by atoms with Gasteiger partial charge >= 0.3 is 5.97 Å². The molecule has 1 aromatic rings. The fourth-order valence-electron chi connectivity index (χ4n) is 2.01. The summed E-state index contributed by atoms with van der Waals surface area (Å²) in [5.74, 6) is -0.0220. The van der Waals surface area contributed by atoms with Crippen LogP contribution in [0, 0.1) is 0 Å². The molecule has 21 heavy (non-hydrogen) atoms. The van der Waals surface area contributed by atoms with Gasteiger partial charge in [0.2, 0.25) is 5.84 Å². The van der Waals surface area contributed by atoms with Crippen molar-refractivity contribution in [1.82, 2.24) is 4.90 Å². The van der Waals surface area contributed by atoms with E-state index >= 15 is 0 Å². The predicted octanol–water partition coefficient (Wildman–Crippen LogP) is 3.41. The maximum absolute atomic E-state index is 12.0. The third-order valence-electron chi connectivity index (χ3n) is 3.00. The predicted molar refractivity (Wildman–Crippen MR) is 93.0 cm³/mol. The van der Waals surface area contributed by atoms with Crippen molar-refractivity contribution in [3.63, 3.8) is 0 Å². The molecule has 1 heterocycles. The molecule has 0 radical (unpaired) electrons. The summed E-state index contributed by atoms with van der Waals surface area (Å²) in [7, 11) is 0. The minimum Gasteiger partial charge on any atom is -0.460 e. The number of rotatable bonds is 3. The van der Waals surface area contributed by atoms with Gasteiger partial charge in [-0.05, 0) is 44.0 Å². The topological polar surface area (TPSA) is 53.9 Å². The Kier molecular flexibility index (Phi) is 7.74. The lowest BCUT2D eigenvalue weighted by molar-refractivity contribution is -0.135. The first kappa shape index (κ1) is 18.0. The van der Waals surface area contributed by atoms with Crippen LogP contribution in [-0.2, 0) is 9.53 Å². The maximum Gasteiger partial charge on any atom is 0.375 e. The van der Waals surface area contributed by atoms with Crippen molar-refractivity contribution in [2.45, 2.75) is 19.8 Å². The number of hydrogen-bond acceptors (Lipinski definition) is 4. The average molecular weight is 421 g/mol. The van der Waals surface area contributed by atoms with Gasteiger partial charge in [-0.2, -0.15) is 0 Å². The smallest absolute Gasteiger partial charge is 0.375 e. The van der Waals surface area contributed by atoms with Crippen molar-refractivity contribution >= 4 is 50.4 Å². The molecular formula is C14H19Br2N3O2. The summed E-state index contributed by atoms with van der Waals surface area (Å²) < 4.78 is 6.06. The van der Waals surface area contributed by atoms with Gasteiger partial charge in [-0.25, -0.2) is 4.79 Å². The zero-order valence-corrected chi connectivity index (χ0v) is 15.1. The Balaban J connectivity index is 0.00000220. The number of benzene rings is 1. The van der Waals surface area contributed by atoms with E-state index < -0.39 is 0 Å². The highest BCUT2D eigenvalue weighted by molar-refractivity contribution is 9.10. The molecule has 0 spiro atoms. The van der Waals surface area contributed by atoms with Crippen LogP contribution in [0.25, 0.3) is 0 Å². The summed E-state index contributed by atoms with van der Waals surface area (Å²) in [5, 5.41) is 4.23. The number of esters is 1. The first-order chi connectivity index (χ1) is 9.70. The molecule has 0 atom stereocenters. The number of likely N-dealkylation sites (tertiary alicyclic amines) is 1. The van der Waals surface area contributed by atoms with E-state index in [2.05, 4.69) is 26.5 Å². The molecular weight excluding hydrogens is 402 g/mol. The van der Waals surface area contributed by atoms with Gasteiger partial charge in [0.05, 0.1) is 12.3 Å². The van der Waals surface area contributed by atoms with Gasteiger partial charge in [0.1, 0.15) is 0 Å². The lowest BCUT2D eigenvalue weighted by atomic mass is 10.3. The van der Waals surface area contributed by atoms with E-state index in [4.69, 9.17) is 4.74 Å². The van der Waals surface area contributed by atoms with E-state index in [1.54, 1.807) is 6.92 Å². The van der Waals surface area contributed by atoms with Crippen molar-refractivity contribution in [2.24, 2.45) is 5.10 Å². The molecule has 1 fully saturated rings. The summed E-state index contributed by atoms with van der Waals surface area (Å²) in [6.07, 6.45) is 2.16. The van der Waals surface area contributed by atoms with Crippen LogP contribution in [0.15, 0.2) is 33.8 Å². The molecule has 2 rings (SSSR count). The Hall–Kier alpha value is -1.08. The molecule has 1 aromatic carbocycles. The van der Waals surface area contributed by atoms with Crippen LogP contribution >= 0.6 is 32.9 Å². The first-order valence-electron chi connectivity index (χ1n) is 6.72. The molecule has 0 aliphatic carbocycles. The highest BCUT2D eigenvalue weighted by atomic mass is 79.9. The summed E-state index contributed by atoms with van der Waals surface area (Å²) in [4.78, 5) is 13.9. The third-order valence-corrected chi connectivity index (χ3v) is 3.53. The fraction of sp³-hybridized carbons (Fsp3) is 0.429. The molecule has 0 aromatic heterocycles. The zero-order chi connectivity index (χ0) is 14.4. The summed E-state index contributed by atoms with van der Waals surface area (Å²) >= 11 is 3.38. The van der Waals surface area contributed by atoms with Crippen LogP contribution in [-0.4, -0.2) is 36.4 Å². The Bertz CT molecular complexity index is 485. The van der Waals surface area contributed by atoms with Crippen molar-refractivity contribution in [1.29, 1.82) is 0 Å². The number of nitrogens with one attached hydrogen (secondary N) is 1. The van der Waals surface area contributed by atoms with Gasteiger partial charge in [-0.1, -0.05) is 15.9 Å². The van der Waals surface area contributed by atoms with E-state index in [-0.39, 0.29) is 23.0 Å². The Morgan fingerprint density at radius 2 is 1.95 bits per heavy atom. The van der Waals surface area contributed by atoms with Gasteiger partial charge in [-0.15, -0.1) is 22.1 Å². The van der Waals surface area contributed by atoms with Crippen LogP contribution in [0.3, 0.4) is 0 Å². The Labute approximate surface area is 143 Å². The minimum absolute atomic E-state index is 0. The van der Waals surface area contributed by atoms with E-state index in [0.717, 1.165) is 36.1 Å². The highest BCUT2D eigenvalue weighted by Crippen LogP contribution is 2.15. The summed E-state index contributed by atoms with van der Waals surface area (Å²) in [5.41, 5.74) is 3.74. The van der Waals surface area contributed by atoms with Crippen LogP contribution < -0.4 is 5.43 Å². The van der Waals surface area contributed by atoms with Gasteiger partial charge < -0.3 is 9.64 Å². The van der Waals surface area contributed by atoms with Crippen molar-refractivity contribution in [2.75, 3.05) is 25.1 Å². The monoisotopic (exact) mass is 419 g/mol. The quantitative estimate of drug-likeness (QED) is 0.352. The number of carbonyl (C=O) groups excluding carboxylic acids is 1. The molecule has 0 unspecified atom stereocenters. The van der Waals surface area contributed by atoms with Crippen molar-refractivity contribution < 1.29 is 9.53 Å². The minimum atomic E-state index is -0.376. The van der Waals surface area contributed by atoms with E-state index in [1.165, 1.54) is 0 Å². The van der Waals surface area contributed by atoms with Crippen LogP contribution in [0.2, 0.25) is 0 Å². The Morgan fingerprint density at radius 3 is 2.52 bits per heavy atom. The summed E-state index contributed by atoms with van der Waals surface area (Å²) in [6.45, 7) is 3.84. The van der Waals surface area contributed by atoms with Gasteiger partial charge in [-0.3, -0.25) is 5.43 Å². The van der Waals surface area contributed by atoms with Crippen molar-refractivity contribution in [3.8, 4) is 0 Å². The molecule has 116 valence electrons. The SMILES string of the molecule is Br.CCOC(=O)/C(=N\Nc1ccc(Br)cc1)N1CCCC1. The standard InChI is InChI=1S/C14H18BrN3O2.BrH/c1-2-20-14(19)13(18-9-3-4-10-18)17-16-12-7-5-11(15)6-8-12;/h5-8,16H,2-4,9-10H2,1H3;1H/b17-13+;. The van der Waals surface area contributed by atoms with Gasteiger partial charge in [0.15, 0.2) is 0 Å². The van der Waals surface area contributed by atoms with Crippen LogP contribution in [0.4, 0.5) is 5.69 Å². The third kappa shape index (κ3) is 5.32. The number of amidine groups is 1. The number of halogens is 2. The molecule has 0 saturated carbocycles. The first-order valence-corrected chi connectivity index (χ1v) is 7.51. The molecule has 0 bridgehead atoms. The number of carbonyl (C=O) groups is 1. The Morgan fingerprint density at radius 1 is 1.33 bits per heavy atom. The number of ether oxygens (including phenoxy) is 1. The molecule has 1 aliphatic heterocycles. The molecule has 7 heteroatoms. The largest absolute Gasteiger partial charge is 0.460 e. The molecule has 1 N–H and O–H groups in total. The second kappa shape index (κ2) is 9.04. The molecule has 1 aliphatic rings. The maximum atomic E-state index is 12.0. The zero-order valence-electron chi connectivity index (χ0n) is 11.8. The number of nitrogens with zero attached hydrogens (tertiary/aromatic N) is 2. The second-order valence-corrected chi connectivity index (χ2v) is 5.38. The normalized spacial score (nSPS) is 14.6. The van der Waals surface area contributed by atoms with Crippen molar-refractivity contribution in [3.05, 3.63) is 28.7 Å². The lowest BCUT2D eigenvalue weighted by Gasteiger charge is -2.18. The number of anilines is 1.